The van der Waals surface area contributed by atoms with Gasteiger partial charge in [0.25, 0.3) is 0 Å². The summed E-state index contributed by atoms with van der Waals surface area (Å²) in [6, 6.07) is 4.25. The van der Waals surface area contributed by atoms with Gasteiger partial charge in [0.05, 0.1) is 25.6 Å². The topological polar surface area (TPSA) is 56.5 Å². The first-order valence-electron chi connectivity index (χ1n) is 7.97. The molecular weight excluding hydrogens is 264 g/mol. The SMILES string of the molecule is CCC(Nc1cc(OC)c(OC)cc1N)C1CCCCC1. The van der Waals surface area contributed by atoms with Crippen LogP contribution in [0.3, 0.4) is 0 Å². The number of nitrogens with one attached hydrogen (secondary N) is 1. The van der Waals surface area contributed by atoms with Gasteiger partial charge < -0.3 is 20.5 Å². The Kier molecular flexibility index (Phi) is 5.59. The predicted octanol–water partition coefficient (Wildman–Crippen LogP) is 4.06. The number of nitrogens with two attached hydrogens (primary N) is 1. The molecule has 0 bridgehead atoms. The lowest BCUT2D eigenvalue weighted by molar-refractivity contribution is 0.313. The first-order valence-corrected chi connectivity index (χ1v) is 7.97. The summed E-state index contributed by atoms with van der Waals surface area (Å²) < 4.78 is 10.7. The Morgan fingerprint density at radius 2 is 1.76 bits per heavy atom. The summed E-state index contributed by atoms with van der Waals surface area (Å²) in [5.74, 6) is 2.13. The molecule has 1 aliphatic carbocycles. The highest BCUT2D eigenvalue weighted by Gasteiger charge is 2.23. The van der Waals surface area contributed by atoms with Crippen molar-refractivity contribution in [1.29, 1.82) is 0 Å². The van der Waals surface area contributed by atoms with Gasteiger partial charge >= 0.3 is 0 Å². The maximum atomic E-state index is 6.16. The third-order valence-electron chi connectivity index (χ3n) is 4.56. The van der Waals surface area contributed by atoms with Crippen molar-refractivity contribution in [2.75, 3.05) is 25.3 Å². The molecule has 1 unspecified atom stereocenters. The maximum absolute atomic E-state index is 6.16. The lowest BCUT2D eigenvalue weighted by Gasteiger charge is -2.31. The molecule has 21 heavy (non-hydrogen) atoms. The van der Waals surface area contributed by atoms with E-state index in [1.165, 1.54) is 32.1 Å². The number of ether oxygens (including phenoxy) is 2. The van der Waals surface area contributed by atoms with Crippen molar-refractivity contribution < 1.29 is 9.47 Å². The quantitative estimate of drug-likeness (QED) is 0.776. The smallest absolute Gasteiger partial charge is 0.162 e. The van der Waals surface area contributed by atoms with Gasteiger partial charge in [-0.3, -0.25) is 0 Å². The second-order valence-electron chi connectivity index (χ2n) is 5.85. The molecule has 0 spiro atoms. The van der Waals surface area contributed by atoms with Gasteiger partial charge in [0.15, 0.2) is 11.5 Å². The molecule has 0 amide bonds. The van der Waals surface area contributed by atoms with Crippen molar-refractivity contribution in [3.05, 3.63) is 12.1 Å². The highest BCUT2D eigenvalue weighted by molar-refractivity contribution is 5.72. The Labute approximate surface area is 128 Å². The number of benzene rings is 1. The number of hydrogen-bond acceptors (Lipinski definition) is 4. The van der Waals surface area contributed by atoms with E-state index in [1.54, 1.807) is 14.2 Å². The first-order chi connectivity index (χ1) is 10.2. The summed E-state index contributed by atoms with van der Waals surface area (Å²) in [4.78, 5) is 0. The molecule has 118 valence electrons. The number of methoxy groups -OCH3 is 2. The number of rotatable bonds is 6. The van der Waals surface area contributed by atoms with E-state index in [0.717, 1.165) is 18.0 Å². The third-order valence-corrected chi connectivity index (χ3v) is 4.56. The van der Waals surface area contributed by atoms with E-state index in [1.807, 2.05) is 12.1 Å². The number of anilines is 2. The van der Waals surface area contributed by atoms with Gasteiger partial charge in [-0.05, 0) is 25.2 Å². The molecule has 4 heteroatoms. The standard InChI is InChI=1S/C17H28N2O2/c1-4-14(12-8-6-5-7-9-12)19-15-11-17(21-3)16(20-2)10-13(15)18/h10-12,14,19H,4-9,18H2,1-3H3. The van der Waals surface area contributed by atoms with E-state index in [4.69, 9.17) is 15.2 Å². The molecule has 1 fully saturated rings. The van der Waals surface area contributed by atoms with Gasteiger partial charge in [-0.25, -0.2) is 0 Å². The zero-order chi connectivity index (χ0) is 15.2. The van der Waals surface area contributed by atoms with Crippen molar-refractivity contribution >= 4 is 11.4 Å². The fraction of sp³-hybridized carbons (Fsp3) is 0.647. The molecule has 1 atom stereocenters. The van der Waals surface area contributed by atoms with Crippen LogP contribution in [0.1, 0.15) is 45.4 Å². The maximum Gasteiger partial charge on any atom is 0.162 e. The molecule has 0 saturated heterocycles. The van der Waals surface area contributed by atoms with Crippen molar-refractivity contribution in [3.63, 3.8) is 0 Å². The number of nitrogen functional groups attached to an aromatic ring is 1. The van der Waals surface area contributed by atoms with E-state index in [2.05, 4.69) is 12.2 Å². The van der Waals surface area contributed by atoms with Crippen LogP contribution in [0.15, 0.2) is 12.1 Å². The molecule has 4 nitrogen and oxygen atoms in total. The van der Waals surface area contributed by atoms with Crippen LogP contribution in [-0.4, -0.2) is 20.3 Å². The zero-order valence-corrected chi connectivity index (χ0v) is 13.4. The Hall–Kier alpha value is -1.58. The van der Waals surface area contributed by atoms with Crippen LogP contribution in [0.4, 0.5) is 11.4 Å². The number of hydrogen-bond donors (Lipinski definition) is 2. The highest BCUT2D eigenvalue weighted by atomic mass is 16.5. The minimum absolute atomic E-state index is 0.478. The van der Waals surface area contributed by atoms with Crippen molar-refractivity contribution in [2.24, 2.45) is 5.92 Å². The van der Waals surface area contributed by atoms with E-state index in [0.29, 0.717) is 23.2 Å². The van der Waals surface area contributed by atoms with Crippen LogP contribution in [0.2, 0.25) is 0 Å². The van der Waals surface area contributed by atoms with Crippen LogP contribution < -0.4 is 20.5 Å². The van der Waals surface area contributed by atoms with Crippen LogP contribution >= 0.6 is 0 Å². The minimum atomic E-state index is 0.478. The van der Waals surface area contributed by atoms with E-state index in [9.17, 15) is 0 Å². The molecule has 0 aromatic heterocycles. The Bertz CT molecular complexity index is 456. The van der Waals surface area contributed by atoms with Crippen LogP contribution in [0, 0.1) is 5.92 Å². The monoisotopic (exact) mass is 292 g/mol. The Morgan fingerprint density at radius 3 is 2.33 bits per heavy atom. The van der Waals surface area contributed by atoms with E-state index >= 15 is 0 Å². The molecule has 0 radical (unpaired) electrons. The summed E-state index contributed by atoms with van der Waals surface area (Å²) >= 11 is 0. The molecule has 1 aliphatic rings. The zero-order valence-electron chi connectivity index (χ0n) is 13.4. The molecule has 1 aromatic rings. The summed E-state index contributed by atoms with van der Waals surface area (Å²) in [5, 5.41) is 3.63. The van der Waals surface area contributed by atoms with Gasteiger partial charge in [-0.15, -0.1) is 0 Å². The van der Waals surface area contributed by atoms with Crippen molar-refractivity contribution in [2.45, 2.75) is 51.5 Å². The van der Waals surface area contributed by atoms with Crippen molar-refractivity contribution in [3.8, 4) is 11.5 Å². The average Bonchev–Trinajstić information content (AvgIpc) is 2.54. The summed E-state index contributed by atoms with van der Waals surface area (Å²) in [6.07, 6.45) is 7.83. The van der Waals surface area contributed by atoms with Gasteiger partial charge in [0, 0.05) is 18.2 Å². The largest absolute Gasteiger partial charge is 0.493 e. The Morgan fingerprint density at radius 1 is 1.14 bits per heavy atom. The van der Waals surface area contributed by atoms with Gasteiger partial charge in [-0.2, -0.15) is 0 Å². The summed E-state index contributed by atoms with van der Waals surface area (Å²) in [7, 11) is 3.28. The van der Waals surface area contributed by atoms with Crippen LogP contribution in [-0.2, 0) is 0 Å². The summed E-state index contributed by atoms with van der Waals surface area (Å²) in [6.45, 7) is 2.24. The van der Waals surface area contributed by atoms with E-state index < -0.39 is 0 Å². The molecule has 1 saturated carbocycles. The fourth-order valence-electron chi connectivity index (χ4n) is 3.31. The fourth-order valence-corrected chi connectivity index (χ4v) is 3.31. The Balaban J connectivity index is 2.16. The highest BCUT2D eigenvalue weighted by Crippen LogP contribution is 2.37. The molecule has 1 aromatic carbocycles. The van der Waals surface area contributed by atoms with Crippen LogP contribution in [0.5, 0.6) is 11.5 Å². The van der Waals surface area contributed by atoms with Gasteiger partial charge in [0.1, 0.15) is 0 Å². The molecule has 2 rings (SSSR count). The van der Waals surface area contributed by atoms with Gasteiger partial charge in [-0.1, -0.05) is 26.2 Å². The van der Waals surface area contributed by atoms with Crippen LogP contribution in [0.25, 0.3) is 0 Å². The second kappa shape index (κ2) is 7.43. The third kappa shape index (κ3) is 3.74. The molecule has 0 heterocycles. The van der Waals surface area contributed by atoms with E-state index in [-0.39, 0.29) is 0 Å². The molecule has 0 aliphatic heterocycles. The van der Waals surface area contributed by atoms with Gasteiger partial charge in [0.2, 0.25) is 0 Å². The normalized spacial score (nSPS) is 17.3. The first kappa shape index (κ1) is 15.8. The molecular formula is C17H28N2O2. The lowest BCUT2D eigenvalue weighted by atomic mass is 9.83. The average molecular weight is 292 g/mol. The minimum Gasteiger partial charge on any atom is -0.493 e. The summed E-state index contributed by atoms with van der Waals surface area (Å²) in [5.41, 5.74) is 7.81. The van der Waals surface area contributed by atoms with Crippen molar-refractivity contribution in [1.82, 2.24) is 0 Å². The predicted molar refractivity (Wildman–Crippen MR) is 88.2 cm³/mol. The second-order valence-corrected chi connectivity index (χ2v) is 5.85. The lowest BCUT2D eigenvalue weighted by Crippen LogP contribution is -2.30. The molecule has 3 N–H and O–H groups in total.